The van der Waals surface area contributed by atoms with Crippen LogP contribution >= 0.6 is 11.6 Å². The third-order valence-electron chi connectivity index (χ3n) is 3.24. The van der Waals surface area contributed by atoms with Crippen molar-refractivity contribution in [2.45, 2.75) is 6.92 Å². The fraction of sp³-hybridized carbons (Fsp3) is 0.0526. The van der Waals surface area contributed by atoms with Crippen LogP contribution < -0.4 is 0 Å². The molecular formula is C19H15ClN2O. The van der Waals surface area contributed by atoms with Gasteiger partial charge in [-0.05, 0) is 42.3 Å². The summed E-state index contributed by atoms with van der Waals surface area (Å²) in [6, 6.07) is 15.7. The number of rotatable bonds is 4. The van der Waals surface area contributed by atoms with Crippen molar-refractivity contribution in [2.75, 3.05) is 0 Å². The Balaban J connectivity index is 1.68. The summed E-state index contributed by atoms with van der Waals surface area (Å²) in [7, 11) is 0. The summed E-state index contributed by atoms with van der Waals surface area (Å²) in [6.07, 6.45) is 7.42. The smallest absolute Gasteiger partial charge is 0.240 e. The van der Waals surface area contributed by atoms with Crippen LogP contribution in [0, 0.1) is 6.92 Å². The number of aryl methyl sites for hydroxylation is 1. The summed E-state index contributed by atoms with van der Waals surface area (Å²) in [5.41, 5.74) is 3.34. The zero-order valence-corrected chi connectivity index (χ0v) is 13.4. The summed E-state index contributed by atoms with van der Waals surface area (Å²) in [5.74, 6) is 0.935. The summed E-state index contributed by atoms with van der Waals surface area (Å²) in [5, 5.41) is 8.71. The van der Waals surface area contributed by atoms with Crippen molar-refractivity contribution in [3.63, 3.8) is 0 Å². The van der Waals surface area contributed by atoms with Crippen molar-refractivity contribution < 1.29 is 4.42 Å². The molecule has 0 amide bonds. The highest BCUT2D eigenvalue weighted by Crippen LogP contribution is 2.13. The van der Waals surface area contributed by atoms with Crippen LogP contribution in [0.4, 0.5) is 0 Å². The highest BCUT2D eigenvalue weighted by atomic mass is 35.5. The normalized spacial score (nSPS) is 11.6. The van der Waals surface area contributed by atoms with Gasteiger partial charge in [-0.1, -0.05) is 53.6 Å². The van der Waals surface area contributed by atoms with E-state index < -0.39 is 0 Å². The SMILES string of the molecule is Cc1ccc(/C=C/c2nnc(/C=C/c3ccc(Cl)cc3)o2)cc1. The minimum absolute atomic E-state index is 0.462. The number of hydrogen-bond donors (Lipinski definition) is 0. The Labute approximate surface area is 139 Å². The maximum atomic E-state index is 5.85. The Morgan fingerprint density at radius 2 is 1.22 bits per heavy atom. The molecule has 114 valence electrons. The van der Waals surface area contributed by atoms with Crippen molar-refractivity contribution in [1.82, 2.24) is 10.2 Å². The number of hydrogen-bond acceptors (Lipinski definition) is 3. The number of benzene rings is 2. The maximum Gasteiger partial charge on any atom is 0.240 e. The maximum absolute atomic E-state index is 5.85. The average molecular weight is 323 g/mol. The third kappa shape index (κ3) is 4.41. The van der Waals surface area contributed by atoms with E-state index >= 15 is 0 Å². The van der Waals surface area contributed by atoms with Crippen LogP contribution in [0.25, 0.3) is 24.3 Å². The number of aromatic nitrogens is 2. The van der Waals surface area contributed by atoms with E-state index in [0.29, 0.717) is 16.8 Å². The Morgan fingerprint density at radius 1 is 0.739 bits per heavy atom. The van der Waals surface area contributed by atoms with Crippen LogP contribution in [0.2, 0.25) is 5.02 Å². The molecule has 0 aliphatic carbocycles. The van der Waals surface area contributed by atoms with Gasteiger partial charge in [0.05, 0.1) is 0 Å². The second-order valence-electron chi connectivity index (χ2n) is 5.11. The molecule has 0 N–H and O–H groups in total. The van der Waals surface area contributed by atoms with Gasteiger partial charge in [-0.3, -0.25) is 0 Å². The molecule has 2 aromatic carbocycles. The molecule has 23 heavy (non-hydrogen) atoms. The molecule has 4 heteroatoms. The van der Waals surface area contributed by atoms with Gasteiger partial charge in [0.15, 0.2) is 0 Å². The van der Waals surface area contributed by atoms with Crippen LogP contribution in [0.15, 0.2) is 52.9 Å². The van der Waals surface area contributed by atoms with Crippen molar-refractivity contribution >= 4 is 35.9 Å². The van der Waals surface area contributed by atoms with Gasteiger partial charge in [0.2, 0.25) is 11.8 Å². The topological polar surface area (TPSA) is 38.9 Å². The lowest BCUT2D eigenvalue weighted by Gasteiger charge is -1.93. The lowest BCUT2D eigenvalue weighted by molar-refractivity contribution is 0.533. The summed E-state index contributed by atoms with van der Waals surface area (Å²) >= 11 is 5.85. The first-order chi connectivity index (χ1) is 11.2. The van der Waals surface area contributed by atoms with Gasteiger partial charge in [0.25, 0.3) is 0 Å². The summed E-state index contributed by atoms with van der Waals surface area (Å²) in [6.45, 7) is 2.06. The largest absolute Gasteiger partial charge is 0.417 e. The first-order valence-corrected chi connectivity index (χ1v) is 7.59. The van der Waals surface area contributed by atoms with E-state index in [-0.39, 0.29) is 0 Å². The standard InChI is InChI=1S/C19H15ClN2O/c1-14-2-4-15(5-3-14)8-12-18-21-22-19(23-18)13-9-16-6-10-17(20)11-7-16/h2-13H,1H3/b12-8+,13-9+. The molecule has 0 saturated carbocycles. The fourth-order valence-electron chi connectivity index (χ4n) is 1.97. The van der Waals surface area contributed by atoms with Gasteiger partial charge in [-0.15, -0.1) is 10.2 Å². The van der Waals surface area contributed by atoms with E-state index in [1.807, 2.05) is 48.6 Å². The zero-order valence-electron chi connectivity index (χ0n) is 12.6. The minimum atomic E-state index is 0.462. The lowest BCUT2D eigenvalue weighted by Crippen LogP contribution is -1.74. The van der Waals surface area contributed by atoms with Gasteiger partial charge in [0, 0.05) is 17.2 Å². The van der Waals surface area contributed by atoms with E-state index in [1.54, 1.807) is 12.2 Å². The second kappa shape index (κ2) is 7.07. The molecule has 3 aromatic rings. The van der Waals surface area contributed by atoms with E-state index in [2.05, 4.69) is 29.3 Å². The fourth-order valence-corrected chi connectivity index (χ4v) is 2.09. The second-order valence-corrected chi connectivity index (χ2v) is 5.54. The molecule has 3 nitrogen and oxygen atoms in total. The Hall–Kier alpha value is -2.65. The molecule has 0 radical (unpaired) electrons. The quantitative estimate of drug-likeness (QED) is 0.648. The van der Waals surface area contributed by atoms with E-state index in [0.717, 1.165) is 11.1 Å². The molecule has 0 fully saturated rings. The molecule has 0 atom stereocenters. The Bertz CT molecular complexity index is 761. The Morgan fingerprint density at radius 3 is 1.74 bits per heavy atom. The molecule has 0 spiro atoms. The van der Waals surface area contributed by atoms with E-state index in [9.17, 15) is 0 Å². The van der Waals surface area contributed by atoms with E-state index in [1.165, 1.54) is 5.56 Å². The molecule has 1 heterocycles. The summed E-state index contributed by atoms with van der Waals surface area (Å²) < 4.78 is 5.55. The average Bonchev–Trinajstić information content (AvgIpc) is 3.02. The molecule has 0 unspecified atom stereocenters. The molecule has 3 rings (SSSR count). The van der Waals surface area contributed by atoms with Crippen LogP contribution in [0.3, 0.4) is 0 Å². The zero-order chi connectivity index (χ0) is 16.1. The number of halogens is 1. The molecule has 0 aliphatic rings. The van der Waals surface area contributed by atoms with Crippen molar-refractivity contribution in [3.05, 3.63) is 82.0 Å². The predicted molar refractivity (Wildman–Crippen MR) is 94.8 cm³/mol. The van der Waals surface area contributed by atoms with Crippen molar-refractivity contribution in [2.24, 2.45) is 0 Å². The van der Waals surface area contributed by atoms with Crippen molar-refractivity contribution in [1.29, 1.82) is 0 Å². The van der Waals surface area contributed by atoms with Crippen LogP contribution in [-0.4, -0.2) is 10.2 Å². The van der Waals surface area contributed by atoms with E-state index in [4.69, 9.17) is 16.0 Å². The first kappa shape index (κ1) is 15.3. The molecule has 1 aromatic heterocycles. The van der Waals surface area contributed by atoms with Crippen LogP contribution in [-0.2, 0) is 0 Å². The first-order valence-electron chi connectivity index (χ1n) is 7.21. The lowest BCUT2D eigenvalue weighted by atomic mass is 10.1. The van der Waals surface area contributed by atoms with Gasteiger partial charge >= 0.3 is 0 Å². The van der Waals surface area contributed by atoms with Gasteiger partial charge in [-0.25, -0.2) is 0 Å². The predicted octanol–water partition coefficient (Wildman–Crippen LogP) is 5.37. The monoisotopic (exact) mass is 322 g/mol. The molecular weight excluding hydrogens is 308 g/mol. The highest BCUT2D eigenvalue weighted by molar-refractivity contribution is 6.30. The van der Waals surface area contributed by atoms with Gasteiger partial charge in [-0.2, -0.15) is 0 Å². The third-order valence-corrected chi connectivity index (χ3v) is 3.49. The molecule has 0 saturated heterocycles. The van der Waals surface area contributed by atoms with Gasteiger partial charge in [0.1, 0.15) is 0 Å². The van der Waals surface area contributed by atoms with Crippen LogP contribution in [0.1, 0.15) is 28.5 Å². The van der Waals surface area contributed by atoms with Crippen molar-refractivity contribution in [3.8, 4) is 0 Å². The highest BCUT2D eigenvalue weighted by Gasteiger charge is 1.99. The Kier molecular flexibility index (Phi) is 4.69. The van der Waals surface area contributed by atoms with Gasteiger partial charge < -0.3 is 4.42 Å². The number of nitrogens with zero attached hydrogens (tertiary/aromatic N) is 2. The summed E-state index contributed by atoms with van der Waals surface area (Å²) in [4.78, 5) is 0. The molecule has 0 bridgehead atoms. The van der Waals surface area contributed by atoms with Crippen LogP contribution in [0.5, 0.6) is 0 Å². The molecule has 0 aliphatic heterocycles. The minimum Gasteiger partial charge on any atom is -0.417 e.